The molecule has 1 aromatic carbocycles. The molecule has 1 atom stereocenters. The van der Waals surface area contributed by atoms with E-state index in [0.717, 1.165) is 63.7 Å². The van der Waals surface area contributed by atoms with E-state index < -0.39 is 0 Å². The van der Waals surface area contributed by atoms with Gasteiger partial charge in [-0.15, -0.1) is 0 Å². The zero-order chi connectivity index (χ0) is 25.2. The number of piperidine rings is 1. The van der Waals surface area contributed by atoms with Crippen LogP contribution in [0.5, 0.6) is 0 Å². The maximum atomic E-state index is 13.3. The Bertz CT molecular complexity index is 1340. The number of fused-ring (bicyclic) bond motifs is 3. The van der Waals surface area contributed by atoms with E-state index >= 15 is 0 Å². The number of benzene rings is 1. The summed E-state index contributed by atoms with van der Waals surface area (Å²) in [6.07, 6.45) is 18.3. The highest BCUT2D eigenvalue weighted by atomic mass is 16.2. The molecule has 1 saturated heterocycles. The smallest absolute Gasteiger partial charge is 0.253 e. The molecule has 0 N–H and O–H groups in total. The van der Waals surface area contributed by atoms with Gasteiger partial charge in [-0.2, -0.15) is 0 Å². The first-order valence-corrected chi connectivity index (χ1v) is 13.6. The highest BCUT2D eigenvalue weighted by Gasteiger charge is 2.30. The van der Waals surface area contributed by atoms with E-state index in [1.54, 1.807) is 0 Å². The Morgan fingerprint density at radius 1 is 1.11 bits per heavy atom. The molecular weight excluding hydrogens is 456 g/mol. The summed E-state index contributed by atoms with van der Waals surface area (Å²) in [6.45, 7) is 4.51. The van der Waals surface area contributed by atoms with E-state index in [0.29, 0.717) is 11.8 Å². The van der Waals surface area contributed by atoms with E-state index in [-0.39, 0.29) is 5.91 Å². The summed E-state index contributed by atoms with van der Waals surface area (Å²) in [4.78, 5) is 29.5. The predicted octanol–water partition coefficient (Wildman–Crippen LogP) is 5.88. The molecule has 1 amide bonds. The number of aromatic nitrogens is 1. The van der Waals surface area contributed by atoms with Crippen molar-refractivity contribution in [2.75, 3.05) is 19.6 Å². The summed E-state index contributed by atoms with van der Waals surface area (Å²) in [6, 6.07) is 10.3. The van der Waals surface area contributed by atoms with Crippen LogP contribution in [-0.2, 0) is 12.8 Å². The van der Waals surface area contributed by atoms with Gasteiger partial charge in [-0.1, -0.05) is 29.9 Å². The monoisotopic (exact) mass is 490 g/mol. The topological polar surface area (TPSA) is 57.9 Å². The fourth-order valence-corrected chi connectivity index (χ4v) is 5.99. The molecular formula is C32H34N4O. The number of carbonyl (C=O) groups is 1. The van der Waals surface area contributed by atoms with Crippen LogP contribution in [-0.4, -0.2) is 47.4 Å². The molecule has 4 heterocycles. The number of hydrogen-bond acceptors (Lipinski definition) is 4. The maximum absolute atomic E-state index is 13.3. The van der Waals surface area contributed by atoms with Crippen molar-refractivity contribution in [3.05, 3.63) is 94.0 Å². The summed E-state index contributed by atoms with van der Waals surface area (Å²) < 4.78 is 0. The number of allylic oxidation sites excluding steroid dienone is 4. The zero-order valence-corrected chi connectivity index (χ0v) is 21.6. The zero-order valence-electron chi connectivity index (χ0n) is 21.6. The van der Waals surface area contributed by atoms with E-state index in [2.05, 4.69) is 48.3 Å². The third-order valence-electron chi connectivity index (χ3n) is 8.28. The number of aryl methyl sites for hydroxylation is 1. The van der Waals surface area contributed by atoms with Crippen LogP contribution in [0.2, 0.25) is 0 Å². The van der Waals surface area contributed by atoms with Gasteiger partial charge in [-0.3, -0.25) is 19.8 Å². The van der Waals surface area contributed by atoms with Crippen molar-refractivity contribution in [3.8, 4) is 0 Å². The summed E-state index contributed by atoms with van der Waals surface area (Å²) in [5.74, 6) is 0.926. The van der Waals surface area contributed by atoms with Crippen LogP contribution >= 0.6 is 0 Å². The highest BCUT2D eigenvalue weighted by Crippen LogP contribution is 2.34. The molecule has 5 nitrogen and oxygen atoms in total. The van der Waals surface area contributed by atoms with Crippen molar-refractivity contribution in [3.63, 3.8) is 0 Å². The number of aliphatic imine (C=N–C) groups is 2. The van der Waals surface area contributed by atoms with E-state index in [1.807, 2.05) is 35.6 Å². The molecule has 0 radical (unpaired) electrons. The quantitative estimate of drug-likeness (QED) is 0.525. The molecule has 4 aliphatic rings. The molecule has 1 aliphatic carbocycles. The number of likely N-dealkylation sites (tertiary alicyclic amines) is 1. The van der Waals surface area contributed by atoms with Gasteiger partial charge in [-0.05, 0) is 92.0 Å². The lowest BCUT2D eigenvalue weighted by Crippen LogP contribution is -2.40. The van der Waals surface area contributed by atoms with Gasteiger partial charge in [0.05, 0.1) is 0 Å². The van der Waals surface area contributed by atoms with Gasteiger partial charge in [0.25, 0.3) is 5.91 Å². The fraction of sp³-hybridized carbons (Fsp3) is 0.375. The Balaban J connectivity index is 1.19. The first-order valence-electron chi connectivity index (χ1n) is 13.6. The minimum absolute atomic E-state index is 0.152. The number of nitrogens with zero attached hydrogens (tertiary/aromatic N) is 4. The minimum Gasteiger partial charge on any atom is -0.339 e. The van der Waals surface area contributed by atoms with Crippen molar-refractivity contribution in [2.24, 2.45) is 21.8 Å². The standard InChI is InChI=1S/C32H34N4O/c1-22-19-34-21-29-18-30(22)35-31(17-27(29)8-7-23-4-3-13-33-20-23)25-11-14-36(15-12-25)32(37)28-10-9-24-5-2-6-26(24)16-28/h2-4,6,9-10,13,16-17,19-20,25,29H,5,7-8,11-12,14-15,18,21H2,1H3. The van der Waals surface area contributed by atoms with Crippen LogP contribution < -0.4 is 0 Å². The molecule has 1 unspecified atom stereocenters. The number of rotatable bonds is 5. The van der Waals surface area contributed by atoms with Gasteiger partial charge in [0.2, 0.25) is 0 Å². The van der Waals surface area contributed by atoms with Gasteiger partial charge in [0.15, 0.2) is 0 Å². The lowest BCUT2D eigenvalue weighted by atomic mass is 9.86. The van der Waals surface area contributed by atoms with E-state index in [4.69, 9.17) is 9.98 Å². The maximum Gasteiger partial charge on any atom is 0.253 e. The van der Waals surface area contributed by atoms with Crippen LogP contribution in [0, 0.1) is 11.8 Å². The molecule has 3 aliphatic heterocycles. The van der Waals surface area contributed by atoms with Gasteiger partial charge in [-0.25, -0.2) is 0 Å². The number of carbonyl (C=O) groups excluding carboxylic acids is 1. The Kier molecular flexibility index (Phi) is 6.69. The fourth-order valence-electron chi connectivity index (χ4n) is 5.99. The van der Waals surface area contributed by atoms with E-state index in [1.165, 1.54) is 39.2 Å². The van der Waals surface area contributed by atoms with Crippen molar-refractivity contribution in [1.29, 1.82) is 0 Å². The van der Waals surface area contributed by atoms with Gasteiger partial charge >= 0.3 is 0 Å². The average molecular weight is 491 g/mol. The molecule has 0 spiro atoms. The van der Waals surface area contributed by atoms with Gasteiger partial charge in [0.1, 0.15) is 0 Å². The van der Waals surface area contributed by atoms with Gasteiger partial charge < -0.3 is 4.90 Å². The molecule has 0 saturated carbocycles. The second kappa shape index (κ2) is 10.4. The third kappa shape index (κ3) is 5.13. The molecule has 37 heavy (non-hydrogen) atoms. The molecule has 6 rings (SSSR count). The first kappa shape index (κ1) is 23.8. The lowest BCUT2D eigenvalue weighted by Gasteiger charge is -2.32. The number of pyridine rings is 1. The third-order valence-corrected chi connectivity index (χ3v) is 8.28. The normalized spacial score (nSPS) is 21.3. The Labute approximate surface area is 219 Å². The Morgan fingerprint density at radius 2 is 2.00 bits per heavy atom. The largest absolute Gasteiger partial charge is 0.339 e. The summed E-state index contributed by atoms with van der Waals surface area (Å²) >= 11 is 0. The second-order valence-corrected chi connectivity index (χ2v) is 10.7. The number of hydrogen-bond donors (Lipinski definition) is 0. The van der Waals surface area contributed by atoms with Crippen molar-refractivity contribution in [1.82, 2.24) is 9.88 Å². The average Bonchev–Trinajstić information content (AvgIpc) is 3.24. The SMILES string of the molecule is CC1=C2CC(CN=C1)C(CCc1cccnc1)=CC(C1CCN(C(=O)c3ccc4c(c3)C=CC4)CC1)=N2. The lowest BCUT2D eigenvalue weighted by molar-refractivity contribution is 0.0710. The summed E-state index contributed by atoms with van der Waals surface area (Å²) in [5, 5.41) is 0. The second-order valence-electron chi connectivity index (χ2n) is 10.7. The molecule has 2 aromatic rings. The minimum atomic E-state index is 0.152. The molecule has 5 heteroatoms. The summed E-state index contributed by atoms with van der Waals surface area (Å²) in [5.41, 5.74) is 9.58. The van der Waals surface area contributed by atoms with Crippen molar-refractivity contribution >= 4 is 23.9 Å². The van der Waals surface area contributed by atoms with Crippen LogP contribution in [0.1, 0.15) is 59.7 Å². The predicted molar refractivity (Wildman–Crippen MR) is 150 cm³/mol. The van der Waals surface area contributed by atoms with Crippen molar-refractivity contribution in [2.45, 2.75) is 45.4 Å². The molecule has 1 aromatic heterocycles. The van der Waals surface area contributed by atoms with E-state index in [9.17, 15) is 4.79 Å². The Hall–Kier alpha value is -3.60. The Morgan fingerprint density at radius 3 is 2.84 bits per heavy atom. The van der Waals surface area contributed by atoms with Crippen LogP contribution in [0.25, 0.3) is 6.08 Å². The van der Waals surface area contributed by atoms with Crippen molar-refractivity contribution < 1.29 is 4.79 Å². The summed E-state index contributed by atoms with van der Waals surface area (Å²) in [7, 11) is 0. The van der Waals surface area contributed by atoms with Crippen LogP contribution in [0.4, 0.5) is 0 Å². The number of amides is 1. The van der Waals surface area contributed by atoms with Crippen LogP contribution in [0.15, 0.2) is 81.7 Å². The first-order chi connectivity index (χ1) is 18.1. The molecule has 1 fully saturated rings. The van der Waals surface area contributed by atoms with Gasteiger partial charge in [0, 0.05) is 67.1 Å². The molecule has 188 valence electrons. The molecule has 2 bridgehead atoms. The van der Waals surface area contributed by atoms with Crippen LogP contribution in [0.3, 0.4) is 0 Å². The highest BCUT2D eigenvalue weighted by molar-refractivity contribution is 6.00.